The van der Waals surface area contributed by atoms with Gasteiger partial charge in [0.25, 0.3) is 0 Å². The number of allylic oxidation sites excluding steroid dienone is 3. The predicted octanol–water partition coefficient (Wildman–Crippen LogP) is 3.35. The molecule has 2 nitrogen and oxygen atoms in total. The minimum absolute atomic E-state index is 0.0553. The fourth-order valence-electron chi connectivity index (χ4n) is 2.10. The Morgan fingerprint density at radius 3 is 2.50 bits per heavy atom. The Hall–Kier alpha value is -1.05. The van der Waals surface area contributed by atoms with Crippen molar-refractivity contribution < 1.29 is 4.79 Å². The molecule has 0 aliphatic heterocycles. The highest BCUT2D eigenvalue weighted by Gasteiger charge is 2.13. The predicted molar refractivity (Wildman–Crippen MR) is 68.2 cm³/mol. The molecule has 1 rings (SSSR count). The van der Waals surface area contributed by atoms with Crippen LogP contribution in [-0.2, 0) is 4.79 Å². The van der Waals surface area contributed by atoms with Gasteiger partial charge >= 0.3 is 0 Å². The first-order valence-corrected chi connectivity index (χ1v) is 6.40. The largest absolute Gasteiger partial charge is 0.350 e. The zero-order valence-corrected chi connectivity index (χ0v) is 10.5. The molecule has 0 atom stereocenters. The van der Waals surface area contributed by atoms with Crippen molar-refractivity contribution >= 4 is 5.91 Å². The average Bonchev–Trinajstić information content (AvgIpc) is 2.31. The quantitative estimate of drug-likeness (QED) is 0.572. The lowest BCUT2D eigenvalue weighted by Gasteiger charge is -2.21. The van der Waals surface area contributed by atoms with Gasteiger partial charge < -0.3 is 5.32 Å². The van der Waals surface area contributed by atoms with Crippen molar-refractivity contribution in [2.75, 3.05) is 0 Å². The standard InChI is InChI=1S/C14H23NO/c1-3-12(4-2)10-11-14(16)15-13-8-6-5-7-9-13/h3,10-11,13H,4-9H2,1-2H3,(H,15,16)/b11-10+,12-3+. The van der Waals surface area contributed by atoms with Crippen LogP contribution in [0.1, 0.15) is 52.4 Å². The second-order valence-corrected chi connectivity index (χ2v) is 4.39. The maximum absolute atomic E-state index is 11.6. The Labute approximate surface area is 98.8 Å². The van der Waals surface area contributed by atoms with Crippen LogP contribution >= 0.6 is 0 Å². The highest BCUT2D eigenvalue weighted by atomic mass is 16.1. The summed E-state index contributed by atoms with van der Waals surface area (Å²) in [5.41, 5.74) is 1.21. The SMILES string of the molecule is C/C=C(/C=C/C(=O)NC1CCCCC1)CC. The molecule has 0 radical (unpaired) electrons. The van der Waals surface area contributed by atoms with Crippen LogP contribution in [0.3, 0.4) is 0 Å². The molecule has 0 heterocycles. The van der Waals surface area contributed by atoms with E-state index >= 15 is 0 Å². The van der Waals surface area contributed by atoms with Crippen LogP contribution < -0.4 is 5.32 Å². The molecule has 1 N–H and O–H groups in total. The lowest BCUT2D eigenvalue weighted by Crippen LogP contribution is -2.35. The van der Waals surface area contributed by atoms with Crippen LogP contribution in [0.5, 0.6) is 0 Å². The monoisotopic (exact) mass is 221 g/mol. The molecule has 1 aliphatic rings. The van der Waals surface area contributed by atoms with Crippen molar-refractivity contribution in [3.05, 3.63) is 23.8 Å². The average molecular weight is 221 g/mol. The van der Waals surface area contributed by atoms with Crippen molar-refractivity contribution in [1.82, 2.24) is 5.32 Å². The number of carbonyl (C=O) groups is 1. The highest BCUT2D eigenvalue weighted by molar-refractivity contribution is 5.88. The van der Waals surface area contributed by atoms with E-state index in [1.165, 1.54) is 24.8 Å². The molecule has 0 spiro atoms. The molecule has 1 amide bonds. The molecule has 0 bridgehead atoms. The van der Waals surface area contributed by atoms with E-state index in [1.807, 2.05) is 19.1 Å². The van der Waals surface area contributed by atoms with Gasteiger partial charge in [-0.05, 0) is 26.2 Å². The van der Waals surface area contributed by atoms with Gasteiger partial charge in [0.2, 0.25) is 5.91 Å². The molecule has 0 aromatic heterocycles. The molecule has 1 saturated carbocycles. The zero-order valence-electron chi connectivity index (χ0n) is 10.5. The number of nitrogens with one attached hydrogen (secondary N) is 1. The molecular formula is C14H23NO. The minimum Gasteiger partial charge on any atom is -0.350 e. The first kappa shape index (κ1) is 13.0. The molecular weight excluding hydrogens is 198 g/mol. The fraction of sp³-hybridized carbons (Fsp3) is 0.643. The van der Waals surface area contributed by atoms with E-state index in [0.717, 1.165) is 19.3 Å². The van der Waals surface area contributed by atoms with Crippen LogP contribution in [0.4, 0.5) is 0 Å². The van der Waals surface area contributed by atoms with Gasteiger partial charge in [-0.1, -0.05) is 43.9 Å². The van der Waals surface area contributed by atoms with Crippen molar-refractivity contribution in [3.63, 3.8) is 0 Å². The van der Waals surface area contributed by atoms with E-state index in [4.69, 9.17) is 0 Å². The van der Waals surface area contributed by atoms with E-state index in [0.29, 0.717) is 6.04 Å². The summed E-state index contributed by atoms with van der Waals surface area (Å²) in [6, 6.07) is 0.404. The highest BCUT2D eigenvalue weighted by Crippen LogP contribution is 2.17. The topological polar surface area (TPSA) is 29.1 Å². The zero-order chi connectivity index (χ0) is 11.8. The summed E-state index contributed by atoms with van der Waals surface area (Å²) < 4.78 is 0. The molecule has 1 aliphatic carbocycles. The third-order valence-corrected chi connectivity index (χ3v) is 3.18. The van der Waals surface area contributed by atoms with E-state index in [1.54, 1.807) is 6.08 Å². The molecule has 90 valence electrons. The lowest BCUT2D eigenvalue weighted by atomic mass is 9.95. The van der Waals surface area contributed by atoms with Gasteiger partial charge in [-0.15, -0.1) is 0 Å². The van der Waals surface area contributed by atoms with Crippen molar-refractivity contribution in [2.24, 2.45) is 0 Å². The van der Waals surface area contributed by atoms with Crippen LogP contribution in [0.2, 0.25) is 0 Å². The molecule has 0 unspecified atom stereocenters. The van der Waals surface area contributed by atoms with Crippen LogP contribution in [0, 0.1) is 0 Å². The molecule has 0 saturated heterocycles. The molecule has 16 heavy (non-hydrogen) atoms. The van der Waals surface area contributed by atoms with E-state index in [-0.39, 0.29) is 5.91 Å². The maximum Gasteiger partial charge on any atom is 0.244 e. The van der Waals surface area contributed by atoms with Crippen molar-refractivity contribution in [1.29, 1.82) is 0 Å². The minimum atomic E-state index is 0.0553. The van der Waals surface area contributed by atoms with Crippen molar-refractivity contribution in [2.45, 2.75) is 58.4 Å². The Balaban J connectivity index is 2.34. The first-order chi connectivity index (χ1) is 7.76. The Bertz CT molecular complexity index is 272. The Morgan fingerprint density at radius 1 is 1.25 bits per heavy atom. The molecule has 0 aromatic rings. The third kappa shape index (κ3) is 4.65. The van der Waals surface area contributed by atoms with Gasteiger partial charge in [-0.3, -0.25) is 4.79 Å². The van der Waals surface area contributed by atoms with Gasteiger partial charge in [0.1, 0.15) is 0 Å². The molecule has 0 aromatic carbocycles. The van der Waals surface area contributed by atoms with Crippen LogP contribution in [-0.4, -0.2) is 11.9 Å². The summed E-state index contributed by atoms with van der Waals surface area (Å²) in [4.78, 5) is 11.6. The first-order valence-electron chi connectivity index (χ1n) is 6.40. The summed E-state index contributed by atoms with van der Waals surface area (Å²) in [7, 11) is 0. The van der Waals surface area contributed by atoms with E-state index < -0.39 is 0 Å². The van der Waals surface area contributed by atoms with Gasteiger partial charge in [-0.25, -0.2) is 0 Å². The van der Waals surface area contributed by atoms with E-state index in [2.05, 4.69) is 12.2 Å². The maximum atomic E-state index is 11.6. The van der Waals surface area contributed by atoms with E-state index in [9.17, 15) is 4.79 Å². The van der Waals surface area contributed by atoms with Gasteiger partial charge in [-0.2, -0.15) is 0 Å². The second-order valence-electron chi connectivity index (χ2n) is 4.39. The number of carbonyl (C=O) groups excluding carboxylic acids is 1. The molecule has 2 heteroatoms. The summed E-state index contributed by atoms with van der Waals surface area (Å²) in [5.74, 6) is 0.0553. The van der Waals surface area contributed by atoms with Crippen LogP contribution in [0.25, 0.3) is 0 Å². The fourth-order valence-corrected chi connectivity index (χ4v) is 2.10. The molecule has 1 fully saturated rings. The Kier molecular flexibility index (Phi) is 5.91. The summed E-state index contributed by atoms with van der Waals surface area (Å²) in [5, 5.41) is 3.07. The number of hydrogen-bond acceptors (Lipinski definition) is 1. The summed E-state index contributed by atoms with van der Waals surface area (Å²) in [6.45, 7) is 4.10. The van der Waals surface area contributed by atoms with Gasteiger partial charge in [0, 0.05) is 12.1 Å². The van der Waals surface area contributed by atoms with Crippen LogP contribution in [0.15, 0.2) is 23.8 Å². The number of amides is 1. The smallest absolute Gasteiger partial charge is 0.244 e. The summed E-state index contributed by atoms with van der Waals surface area (Å²) in [6.07, 6.45) is 12.7. The lowest BCUT2D eigenvalue weighted by molar-refractivity contribution is -0.117. The normalized spacial score (nSPS) is 19.0. The number of hydrogen-bond donors (Lipinski definition) is 1. The van der Waals surface area contributed by atoms with Gasteiger partial charge in [0.05, 0.1) is 0 Å². The Morgan fingerprint density at radius 2 is 1.94 bits per heavy atom. The van der Waals surface area contributed by atoms with Crippen molar-refractivity contribution in [3.8, 4) is 0 Å². The number of rotatable bonds is 4. The second kappa shape index (κ2) is 7.26. The summed E-state index contributed by atoms with van der Waals surface area (Å²) >= 11 is 0. The van der Waals surface area contributed by atoms with Gasteiger partial charge in [0.15, 0.2) is 0 Å². The third-order valence-electron chi connectivity index (χ3n) is 3.18.